The van der Waals surface area contributed by atoms with E-state index in [1.165, 1.54) is 12.8 Å². The molecule has 2 fully saturated rings. The van der Waals surface area contributed by atoms with Gasteiger partial charge in [-0.3, -0.25) is 4.99 Å². The molecule has 0 spiro atoms. The van der Waals surface area contributed by atoms with Crippen LogP contribution in [0, 0.1) is 0 Å². The summed E-state index contributed by atoms with van der Waals surface area (Å²) in [5.41, 5.74) is 5.08. The van der Waals surface area contributed by atoms with E-state index in [1.54, 1.807) is 0 Å². The summed E-state index contributed by atoms with van der Waals surface area (Å²) in [6, 6.07) is 0.541. The minimum atomic E-state index is -0.546. The minimum Gasteiger partial charge on any atom is -0.388 e. The van der Waals surface area contributed by atoms with Gasteiger partial charge in [0.1, 0.15) is 0 Å². The summed E-state index contributed by atoms with van der Waals surface area (Å²) in [5.74, 6) is 0.489. The average Bonchev–Trinajstić information content (AvgIpc) is 2.81. The average molecular weight is 183 g/mol. The lowest BCUT2D eigenvalue weighted by atomic mass is 9.80. The predicted molar refractivity (Wildman–Crippen MR) is 51.4 cm³/mol. The van der Waals surface area contributed by atoms with E-state index >= 15 is 0 Å². The first-order valence-corrected chi connectivity index (χ1v) is 4.97. The van der Waals surface area contributed by atoms with Gasteiger partial charge < -0.3 is 16.2 Å². The van der Waals surface area contributed by atoms with E-state index in [9.17, 15) is 5.11 Å². The van der Waals surface area contributed by atoms with Crippen LogP contribution in [0.1, 0.15) is 32.1 Å². The number of nitrogens with two attached hydrogens (primary N) is 1. The van der Waals surface area contributed by atoms with Crippen LogP contribution >= 0.6 is 0 Å². The third-order valence-electron chi connectivity index (χ3n) is 2.76. The van der Waals surface area contributed by atoms with Crippen molar-refractivity contribution >= 4 is 5.96 Å². The maximum atomic E-state index is 9.72. The van der Waals surface area contributed by atoms with Crippen LogP contribution in [0.3, 0.4) is 0 Å². The molecule has 74 valence electrons. The molecule has 0 amide bonds. The highest BCUT2D eigenvalue weighted by Crippen LogP contribution is 2.31. The van der Waals surface area contributed by atoms with E-state index in [-0.39, 0.29) is 0 Å². The highest BCUT2D eigenvalue weighted by Gasteiger charge is 2.34. The topological polar surface area (TPSA) is 70.6 Å². The molecule has 0 heterocycles. The van der Waals surface area contributed by atoms with Crippen LogP contribution in [0.25, 0.3) is 0 Å². The van der Waals surface area contributed by atoms with Crippen LogP contribution in [0.5, 0.6) is 0 Å². The van der Waals surface area contributed by atoms with Crippen LogP contribution in [0.4, 0.5) is 0 Å². The van der Waals surface area contributed by atoms with Gasteiger partial charge in [0.05, 0.1) is 12.1 Å². The molecule has 4 N–H and O–H groups in total. The van der Waals surface area contributed by atoms with Crippen molar-refractivity contribution in [3.63, 3.8) is 0 Å². The molecule has 0 aliphatic heterocycles. The number of hydrogen-bond donors (Lipinski definition) is 3. The second kappa shape index (κ2) is 3.18. The van der Waals surface area contributed by atoms with Crippen molar-refractivity contribution in [3.05, 3.63) is 0 Å². The molecule has 0 bridgehead atoms. The van der Waals surface area contributed by atoms with E-state index in [0.29, 0.717) is 18.5 Å². The van der Waals surface area contributed by atoms with Gasteiger partial charge in [-0.1, -0.05) is 0 Å². The quantitative estimate of drug-likeness (QED) is 0.425. The zero-order chi connectivity index (χ0) is 9.31. The monoisotopic (exact) mass is 183 g/mol. The Kier molecular flexibility index (Phi) is 2.15. The van der Waals surface area contributed by atoms with Gasteiger partial charge in [0.2, 0.25) is 0 Å². The number of hydrogen-bond acceptors (Lipinski definition) is 2. The van der Waals surface area contributed by atoms with Crippen molar-refractivity contribution in [2.75, 3.05) is 6.54 Å². The second-order valence-corrected chi connectivity index (χ2v) is 4.20. The summed E-state index contributed by atoms with van der Waals surface area (Å²) in [6.45, 7) is 0.457. The summed E-state index contributed by atoms with van der Waals surface area (Å²) in [4.78, 5) is 4.13. The Morgan fingerprint density at radius 3 is 2.69 bits per heavy atom. The molecule has 0 unspecified atom stereocenters. The van der Waals surface area contributed by atoms with Gasteiger partial charge in [0.15, 0.2) is 5.96 Å². The Labute approximate surface area is 78.2 Å². The summed E-state index contributed by atoms with van der Waals surface area (Å²) in [7, 11) is 0. The maximum Gasteiger partial charge on any atom is 0.188 e. The molecule has 4 heteroatoms. The number of nitrogens with one attached hydrogen (secondary N) is 1. The van der Waals surface area contributed by atoms with Crippen molar-refractivity contribution in [1.29, 1.82) is 0 Å². The Hall–Kier alpha value is -0.770. The van der Waals surface area contributed by atoms with Crippen molar-refractivity contribution in [3.8, 4) is 0 Å². The molecule has 0 aromatic heterocycles. The van der Waals surface area contributed by atoms with Crippen LogP contribution in [0.2, 0.25) is 0 Å². The number of nitrogens with zero attached hydrogens (tertiary/aromatic N) is 1. The van der Waals surface area contributed by atoms with Crippen LogP contribution in [0.15, 0.2) is 4.99 Å². The molecule has 13 heavy (non-hydrogen) atoms. The molecule has 0 atom stereocenters. The first-order valence-electron chi connectivity index (χ1n) is 4.97. The lowest BCUT2D eigenvalue weighted by Crippen LogP contribution is -2.42. The molecule has 2 aliphatic rings. The lowest BCUT2D eigenvalue weighted by molar-refractivity contribution is -0.0235. The Bertz CT molecular complexity index is 219. The molecule has 2 rings (SSSR count). The molecule has 0 aromatic rings. The fourth-order valence-electron chi connectivity index (χ4n) is 1.46. The fraction of sp³-hybridized carbons (Fsp3) is 0.889. The first kappa shape index (κ1) is 8.81. The Morgan fingerprint density at radius 2 is 2.23 bits per heavy atom. The zero-order valence-electron chi connectivity index (χ0n) is 7.79. The van der Waals surface area contributed by atoms with Crippen molar-refractivity contribution in [2.24, 2.45) is 10.7 Å². The van der Waals surface area contributed by atoms with E-state index in [2.05, 4.69) is 10.3 Å². The van der Waals surface area contributed by atoms with E-state index < -0.39 is 5.60 Å². The van der Waals surface area contributed by atoms with Gasteiger partial charge in [0, 0.05) is 6.04 Å². The van der Waals surface area contributed by atoms with E-state index in [1.807, 2.05) is 0 Å². The van der Waals surface area contributed by atoms with Crippen LogP contribution in [-0.4, -0.2) is 29.3 Å². The minimum absolute atomic E-state index is 0.457. The SMILES string of the molecule is NC(=NCC1(O)CCC1)NC1CC1. The third kappa shape index (κ3) is 2.34. The van der Waals surface area contributed by atoms with Gasteiger partial charge in [-0.25, -0.2) is 0 Å². The van der Waals surface area contributed by atoms with Gasteiger partial charge in [0.25, 0.3) is 0 Å². The number of guanidine groups is 1. The van der Waals surface area contributed by atoms with Gasteiger partial charge >= 0.3 is 0 Å². The smallest absolute Gasteiger partial charge is 0.188 e. The van der Waals surface area contributed by atoms with Gasteiger partial charge in [-0.15, -0.1) is 0 Å². The highest BCUT2D eigenvalue weighted by atomic mass is 16.3. The number of rotatable bonds is 3. The molecule has 2 saturated carbocycles. The Balaban J connectivity index is 1.74. The standard InChI is InChI=1S/C9H17N3O/c10-8(12-7-2-3-7)11-6-9(13)4-1-5-9/h7,13H,1-6H2,(H3,10,11,12). The van der Waals surface area contributed by atoms with Crippen molar-refractivity contribution in [1.82, 2.24) is 5.32 Å². The van der Waals surface area contributed by atoms with Crippen molar-refractivity contribution < 1.29 is 5.11 Å². The predicted octanol–water partition coefficient (Wildman–Crippen LogP) is -0.0319. The fourth-order valence-corrected chi connectivity index (χ4v) is 1.46. The summed E-state index contributed by atoms with van der Waals surface area (Å²) >= 11 is 0. The third-order valence-corrected chi connectivity index (χ3v) is 2.76. The molecule has 2 aliphatic carbocycles. The largest absolute Gasteiger partial charge is 0.388 e. The summed E-state index contributed by atoms with van der Waals surface area (Å²) < 4.78 is 0. The normalized spacial score (nSPS) is 26.7. The van der Waals surface area contributed by atoms with Gasteiger partial charge in [-0.05, 0) is 32.1 Å². The first-order chi connectivity index (χ1) is 6.18. The highest BCUT2D eigenvalue weighted by molar-refractivity contribution is 5.78. The molecule has 4 nitrogen and oxygen atoms in total. The van der Waals surface area contributed by atoms with Gasteiger partial charge in [-0.2, -0.15) is 0 Å². The molecule has 0 saturated heterocycles. The molecular formula is C9H17N3O. The summed E-state index contributed by atoms with van der Waals surface area (Å²) in [5, 5.41) is 12.8. The van der Waals surface area contributed by atoms with Crippen molar-refractivity contribution in [2.45, 2.75) is 43.7 Å². The lowest BCUT2D eigenvalue weighted by Gasteiger charge is -2.34. The maximum absolute atomic E-state index is 9.72. The zero-order valence-corrected chi connectivity index (χ0v) is 7.79. The van der Waals surface area contributed by atoms with E-state index in [0.717, 1.165) is 19.3 Å². The Morgan fingerprint density at radius 1 is 1.54 bits per heavy atom. The molecule has 0 aromatic carbocycles. The number of aliphatic hydroxyl groups is 1. The second-order valence-electron chi connectivity index (χ2n) is 4.20. The summed E-state index contributed by atoms with van der Waals surface area (Å²) in [6.07, 6.45) is 5.24. The molecular weight excluding hydrogens is 166 g/mol. The molecule has 0 radical (unpaired) electrons. The number of aliphatic imine (C=N–C) groups is 1. The van der Waals surface area contributed by atoms with Crippen LogP contribution in [-0.2, 0) is 0 Å². The van der Waals surface area contributed by atoms with E-state index in [4.69, 9.17) is 5.73 Å². The van der Waals surface area contributed by atoms with Crippen LogP contribution < -0.4 is 11.1 Å².